The van der Waals surface area contributed by atoms with E-state index in [4.69, 9.17) is 25.7 Å². The second-order valence-corrected chi connectivity index (χ2v) is 27.4. The van der Waals surface area contributed by atoms with Crippen LogP contribution in [0, 0.1) is 53.3 Å². The molecule has 0 aromatic heterocycles. The molecule has 33 heteroatoms. The summed E-state index contributed by atoms with van der Waals surface area (Å²) in [5.74, 6) is -7.69. The number of amides is 15. The zero-order chi connectivity index (χ0) is 77.0. The Balaban J connectivity index is 0.000000536. The molecule has 5 unspecified atom stereocenters. The predicted octanol–water partition coefficient (Wildman–Crippen LogP) is 1.69. The van der Waals surface area contributed by atoms with Crippen molar-refractivity contribution in [1.29, 1.82) is 0 Å². The van der Waals surface area contributed by atoms with E-state index in [0.29, 0.717) is 43.2 Å². The molecule has 0 radical (unpaired) electrons. The van der Waals surface area contributed by atoms with Crippen molar-refractivity contribution in [3.8, 4) is 0 Å². The first-order valence-corrected chi connectivity index (χ1v) is 35.3. The fraction of sp³-hybridized carbons (Fsp3) is 0.671. The molecule has 4 rings (SSSR count). The second-order valence-electron chi connectivity index (χ2n) is 27.4. The number of urea groups is 2. The lowest BCUT2D eigenvalue weighted by Gasteiger charge is -2.29. The molecule has 15 amide bonds. The summed E-state index contributed by atoms with van der Waals surface area (Å²) in [7, 11) is 0. The van der Waals surface area contributed by atoms with Gasteiger partial charge in [0.1, 0.15) is 18.9 Å². The lowest BCUT2D eigenvalue weighted by atomic mass is 9.89. The number of aldehydes is 1. The molecular weight excluding hydrogens is 1340 g/mol. The molecule has 3 heterocycles. The highest BCUT2D eigenvalue weighted by molar-refractivity contribution is 6.04. The Bertz CT molecular complexity index is 3110. The zero-order valence-corrected chi connectivity index (χ0v) is 61.2. The molecule has 0 spiro atoms. The van der Waals surface area contributed by atoms with Crippen LogP contribution in [0.2, 0.25) is 0 Å². The summed E-state index contributed by atoms with van der Waals surface area (Å²) in [6, 6.07) is 2.38. The topological polar surface area (TPSA) is 476 Å². The fourth-order valence-corrected chi connectivity index (χ4v) is 11.5. The van der Waals surface area contributed by atoms with Crippen LogP contribution in [0.5, 0.6) is 0 Å². The van der Waals surface area contributed by atoms with Crippen LogP contribution in [-0.4, -0.2) is 212 Å². The molecule has 1 aromatic carbocycles. The quantitative estimate of drug-likeness (QED) is 0.0252. The van der Waals surface area contributed by atoms with Crippen LogP contribution in [0.15, 0.2) is 24.3 Å². The number of rotatable bonds is 45. The van der Waals surface area contributed by atoms with Gasteiger partial charge in [0.05, 0.1) is 71.2 Å². The molecule has 574 valence electrons. The van der Waals surface area contributed by atoms with Gasteiger partial charge in [0.15, 0.2) is 17.3 Å². The van der Waals surface area contributed by atoms with Gasteiger partial charge in [-0.05, 0) is 79.9 Å². The van der Waals surface area contributed by atoms with Crippen LogP contribution >= 0.6 is 0 Å². The molecule has 3 aliphatic rings. The molecule has 7 atom stereocenters. The van der Waals surface area contributed by atoms with Crippen molar-refractivity contribution in [3.05, 3.63) is 29.8 Å². The van der Waals surface area contributed by atoms with Crippen LogP contribution < -0.4 is 54.0 Å². The van der Waals surface area contributed by atoms with E-state index < -0.39 is 83.6 Å². The van der Waals surface area contributed by atoms with Crippen molar-refractivity contribution >= 4 is 107 Å². The number of hydrogen-bond donors (Lipinski definition) is 10. The number of likely N-dealkylation sites (tertiary alicyclic amines) is 3. The summed E-state index contributed by atoms with van der Waals surface area (Å²) < 4.78 is 16.0. The number of nitrogens with two attached hydrogens (primary N) is 2. The van der Waals surface area contributed by atoms with Gasteiger partial charge in [-0.3, -0.25) is 72.1 Å². The molecule has 0 saturated carbocycles. The summed E-state index contributed by atoms with van der Waals surface area (Å²) in [5.41, 5.74) is 11.4. The number of ether oxygens (including phenoxy) is 3. The van der Waals surface area contributed by atoms with E-state index >= 15 is 0 Å². The number of benzene rings is 1. The Morgan fingerprint density at radius 1 is 0.583 bits per heavy atom. The third-order valence-corrected chi connectivity index (χ3v) is 17.7. The number of carbonyl (C=O) groups excluding carboxylic acids is 17. The van der Waals surface area contributed by atoms with Gasteiger partial charge in [0, 0.05) is 93.4 Å². The average molecular weight is 1450 g/mol. The molecule has 103 heavy (non-hydrogen) atoms. The van der Waals surface area contributed by atoms with E-state index in [1.807, 2.05) is 27.7 Å². The van der Waals surface area contributed by atoms with Crippen LogP contribution in [0.4, 0.5) is 20.1 Å². The average Bonchev–Trinajstić information content (AvgIpc) is 1.71. The number of Topliss-reactive ketones (excluding diaryl/α,β-unsaturated/α-hetero) is 3. The standard InChI is InChI=1S/C36H59N7O10.C34H50N6O10/c1-21(2)25-18-31(48)43(35(25)51)14-16-53-15-11-29(46)41-32(23(5)6)27(44)17-24(9-7-12-38-36(37)52)34(50)42-13-8-10-26(42)33(49)40-20-30(47)39-19-28(45)22(3)4;1-21(2)26-19-29(44)40(32(26)46)14-17-49-16-11-28(43)39-30(22(3)4)27(42)18-24(6-5-12-36-33(35)47)31(45)38-25-9-7-23(8-10-25)20-50-34(48)37-13-15-41/h21-26,32H,7-20H2,1-6H3,(H,39,47)(H,40,49)(H,41,46)(H3,37,38,52);7-10,15,21-22,24,26,30H,5-6,11-14,16-20H2,1-4H3,(H,37,48)(H,38,45)(H,39,43)(H3,35,36,47)/t24?,25?,26?,32-;24?,26?,30-/m00/s1. The van der Waals surface area contributed by atoms with Crippen molar-refractivity contribution in [1.82, 2.24) is 51.9 Å². The van der Waals surface area contributed by atoms with E-state index in [9.17, 15) is 81.5 Å². The summed E-state index contributed by atoms with van der Waals surface area (Å²) in [4.78, 5) is 215. The van der Waals surface area contributed by atoms with E-state index in [-0.39, 0.29) is 219 Å². The maximum atomic E-state index is 13.9. The van der Waals surface area contributed by atoms with E-state index in [2.05, 4.69) is 42.5 Å². The second kappa shape index (κ2) is 45.7. The number of imide groups is 2. The number of anilines is 1. The van der Waals surface area contributed by atoms with Crippen molar-refractivity contribution in [2.24, 2.45) is 64.7 Å². The minimum Gasteiger partial charge on any atom is -0.445 e. The van der Waals surface area contributed by atoms with Crippen LogP contribution in [0.25, 0.3) is 0 Å². The molecular formula is C70H109N13O20. The van der Waals surface area contributed by atoms with Gasteiger partial charge in [-0.2, -0.15) is 0 Å². The number of ketones is 3. The predicted molar refractivity (Wildman–Crippen MR) is 374 cm³/mol. The molecule has 0 aliphatic carbocycles. The van der Waals surface area contributed by atoms with Crippen molar-refractivity contribution in [2.75, 3.05) is 84.1 Å². The normalized spacial score (nSPS) is 16.9. The third-order valence-electron chi connectivity index (χ3n) is 17.7. The van der Waals surface area contributed by atoms with Gasteiger partial charge in [0.2, 0.25) is 59.1 Å². The fourth-order valence-electron chi connectivity index (χ4n) is 11.5. The van der Waals surface area contributed by atoms with E-state index in [1.54, 1.807) is 65.8 Å². The minimum absolute atomic E-state index is 0.00121. The molecule has 33 nitrogen and oxygen atoms in total. The maximum absolute atomic E-state index is 13.9. The van der Waals surface area contributed by atoms with Gasteiger partial charge in [-0.15, -0.1) is 0 Å². The molecule has 12 N–H and O–H groups in total. The Morgan fingerprint density at radius 3 is 1.51 bits per heavy atom. The van der Waals surface area contributed by atoms with Gasteiger partial charge in [-0.1, -0.05) is 81.4 Å². The first-order valence-electron chi connectivity index (χ1n) is 35.3. The number of nitrogens with one attached hydrogen (secondary N) is 8. The largest absolute Gasteiger partial charge is 0.445 e. The summed E-state index contributed by atoms with van der Waals surface area (Å²) in [6.45, 7) is 18.3. The Hall–Kier alpha value is -9.27. The molecule has 3 fully saturated rings. The molecule has 3 aliphatic heterocycles. The highest BCUT2D eigenvalue weighted by Crippen LogP contribution is 2.29. The highest BCUT2D eigenvalue weighted by Gasteiger charge is 2.42. The monoisotopic (exact) mass is 1450 g/mol. The van der Waals surface area contributed by atoms with Crippen LogP contribution in [0.3, 0.4) is 0 Å². The first-order chi connectivity index (χ1) is 48.7. The summed E-state index contributed by atoms with van der Waals surface area (Å²) >= 11 is 0. The third kappa shape index (κ3) is 31.5. The molecule has 1 aromatic rings. The van der Waals surface area contributed by atoms with E-state index in [1.165, 1.54) is 14.7 Å². The summed E-state index contributed by atoms with van der Waals surface area (Å²) in [5, 5.41) is 20.5. The first kappa shape index (κ1) is 87.9. The number of alkyl carbamates (subject to hydrolysis) is 1. The van der Waals surface area contributed by atoms with Crippen molar-refractivity contribution in [3.63, 3.8) is 0 Å². The Kier molecular flexibility index (Phi) is 39.0. The van der Waals surface area contributed by atoms with E-state index in [0.717, 1.165) is 0 Å². The minimum atomic E-state index is -0.923. The van der Waals surface area contributed by atoms with Crippen LogP contribution in [0.1, 0.15) is 152 Å². The maximum Gasteiger partial charge on any atom is 0.407 e. The smallest absolute Gasteiger partial charge is 0.407 e. The van der Waals surface area contributed by atoms with Crippen molar-refractivity contribution in [2.45, 2.75) is 171 Å². The number of hydrogen-bond acceptors (Lipinski definition) is 20. The number of nitrogens with zero attached hydrogens (tertiary/aromatic N) is 3. The SMILES string of the molecule is CC(C)C(=O)CNC(=O)CNC(=O)C1CCCN1C(=O)C(CCCNC(N)=O)CC(=O)[C@@H](NC(=O)CCOCCN1C(=O)CC(C(C)C)C1=O)C(C)C.CC(C)C1CC(=O)N(CCOCCC(=O)N[C@H](C(=O)CC(CCCNC(N)=O)C(=O)Nc2ccc(COC(=O)NCC=O)cc2)C(C)C)C1=O. The lowest BCUT2D eigenvalue weighted by molar-refractivity contribution is -0.143. The lowest BCUT2D eigenvalue weighted by Crippen LogP contribution is -2.51. The van der Waals surface area contributed by atoms with Gasteiger partial charge in [0.25, 0.3) is 0 Å². The van der Waals surface area contributed by atoms with Gasteiger partial charge >= 0.3 is 18.2 Å². The highest BCUT2D eigenvalue weighted by atomic mass is 16.5. The van der Waals surface area contributed by atoms with Crippen molar-refractivity contribution < 1.29 is 95.7 Å². The van der Waals surface area contributed by atoms with Crippen LogP contribution in [-0.2, 0) is 87.9 Å². The zero-order valence-electron chi connectivity index (χ0n) is 61.2. The Morgan fingerprint density at radius 2 is 1.07 bits per heavy atom. The van der Waals surface area contributed by atoms with Gasteiger partial charge < -0.3 is 77.9 Å². The molecule has 0 bridgehead atoms. The molecule has 3 saturated heterocycles. The van der Waals surface area contributed by atoms with Gasteiger partial charge in [-0.25, -0.2) is 14.4 Å². The number of primary amides is 2. The summed E-state index contributed by atoms with van der Waals surface area (Å²) in [6.07, 6.45) is 1.58. The Labute approximate surface area is 601 Å². The number of carbonyl (C=O) groups is 17.